The zero-order valence-corrected chi connectivity index (χ0v) is 14.2. The molecule has 0 aromatic carbocycles. The minimum absolute atomic E-state index is 0.234. The van der Waals surface area contributed by atoms with E-state index >= 15 is 0 Å². The molecule has 1 aromatic rings. The van der Waals surface area contributed by atoms with Crippen molar-refractivity contribution in [3.05, 3.63) is 11.9 Å². The highest BCUT2D eigenvalue weighted by atomic mass is 16.5. The maximum atomic E-state index is 12.7. The molecule has 136 valence electrons. The number of amides is 2. The number of carbonyl (C=O) groups is 3. The summed E-state index contributed by atoms with van der Waals surface area (Å²) < 4.78 is 6.99. The SMILES string of the molecule is CCCNC(=O)c1c(NC(=O)[C@H]2[C@@H](C(=O)O)[C@H]3CC[C@H]2O3)cnn1C. The molecular formula is C16H22N4O5. The van der Waals surface area contributed by atoms with Crippen LogP contribution in [0.5, 0.6) is 0 Å². The molecule has 0 radical (unpaired) electrons. The summed E-state index contributed by atoms with van der Waals surface area (Å²) in [4.78, 5) is 36.5. The number of hydrogen-bond acceptors (Lipinski definition) is 5. The molecule has 2 fully saturated rings. The molecule has 9 heteroatoms. The fourth-order valence-corrected chi connectivity index (χ4v) is 3.66. The standard InChI is InChI=1S/C16H22N4O5/c1-3-6-17-15(22)13-8(7-18-20(13)2)19-14(21)11-9-4-5-10(25-9)12(11)16(23)24/h7,9-12H,3-6H2,1-2H3,(H,17,22)(H,19,21)(H,23,24)/t9-,10-,11-,12+/m1/s1. The van der Waals surface area contributed by atoms with Gasteiger partial charge in [0, 0.05) is 13.6 Å². The third-order valence-corrected chi connectivity index (χ3v) is 4.81. The van der Waals surface area contributed by atoms with Crippen LogP contribution >= 0.6 is 0 Å². The first kappa shape index (κ1) is 17.4. The van der Waals surface area contributed by atoms with Crippen LogP contribution in [0.1, 0.15) is 36.7 Å². The number of hydrogen-bond donors (Lipinski definition) is 3. The van der Waals surface area contributed by atoms with Crippen molar-refractivity contribution >= 4 is 23.5 Å². The summed E-state index contributed by atoms with van der Waals surface area (Å²) in [7, 11) is 1.61. The number of aromatic nitrogens is 2. The van der Waals surface area contributed by atoms with Gasteiger partial charge in [0.15, 0.2) is 0 Å². The first-order valence-corrected chi connectivity index (χ1v) is 8.43. The lowest BCUT2D eigenvalue weighted by atomic mass is 9.78. The van der Waals surface area contributed by atoms with E-state index in [1.165, 1.54) is 10.9 Å². The van der Waals surface area contributed by atoms with Crippen LogP contribution in [0.3, 0.4) is 0 Å². The largest absolute Gasteiger partial charge is 0.481 e. The third-order valence-electron chi connectivity index (χ3n) is 4.81. The van der Waals surface area contributed by atoms with Crippen molar-refractivity contribution in [2.45, 2.75) is 38.4 Å². The molecule has 2 aliphatic heterocycles. The normalized spacial score (nSPS) is 27.3. The fourth-order valence-electron chi connectivity index (χ4n) is 3.66. The number of nitrogens with one attached hydrogen (secondary N) is 2. The molecule has 0 aliphatic carbocycles. The average Bonchev–Trinajstić information content (AvgIpc) is 3.26. The molecule has 3 rings (SSSR count). The number of rotatable bonds is 6. The molecular weight excluding hydrogens is 328 g/mol. The highest BCUT2D eigenvalue weighted by molar-refractivity contribution is 6.03. The Balaban J connectivity index is 1.77. The van der Waals surface area contributed by atoms with Crippen LogP contribution in [0.2, 0.25) is 0 Å². The Morgan fingerprint density at radius 2 is 2.00 bits per heavy atom. The Morgan fingerprint density at radius 1 is 1.32 bits per heavy atom. The number of carboxylic acids is 1. The fraction of sp³-hybridized carbons (Fsp3) is 0.625. The van der Waals surface area contributed by atoms with Crippen LogP contribution in [0.25, 0.3) is 0 Å². The first-order chi connectivity index (χ1) is 11.9. The van der Waals surface area contributed by atoms with Crippen molar-refractivity contribution in [3.8, 4) is 0 Å². The molecule has 0 spiro atoms. The first-order valence-electron chi connectivity index (χ1n) is 8.43. The van der Waals surface area contributed by atoms with Gasteiger partial charge in [0.1, 0.15) is 5.69 Å². The Hall–Kier alpha value is -2.42. The number of fused-ring (bicyclic) bond motifs is 2. The molecule has 4 atom stereocenters. The van der Waals surface area contributed by atoms with E-state index in [0.717, 1.165) is 6.42 Å². The van der Waals surface area contributed by atoms with Crippen molar-refractivity contribution < 1.29 is 24.2 Å². The quantitative estimate of drug-likeness (QED) is 0.681. The van der Waals surface area contributed by atoms with E-state index < -0.39 is 29.8 Å². The maximum absolute atomic E-state index is 12.7. The van der Waals surface area contributed by atoms with Crippen molar-refractivity contribution in [1.29, 1.82) is 0 Å². The summed E-state index contributed by atoms with van der Waals surface area (Å²) in [5.74, 6) is -3.43. The van der Waals surface area contributed by atoms with Gasteiger partial charge in [0.2, 0.25) is 5.91 Å². The van der Waals surface area contributed by atoms with Gasteiger partial charge >= 0.3 is 5.97 Å². The number of aryl methyl sites for hydroxylation is 1. The Kier molecular flexibility index (Phi) is 4.76. The molecule has 2 aliphatic rings. The Bertz CT molecular complexity index is 701. The number of anilines is 1. The van der Waals surface area contributed by atoms with Gasteiger partial charge in [-0.15, -0.1) is 0 Å². The van der Waals surface area contributed by atoms with Gasteiger partial charge in [-0.2, -0.15) is 5.10 Å². The second kappa shape index (κ2) is 6.83. The van der Waals surface area contributed by atoms with Gasteiger partial charge in [-0.1, -0.05) is 6.92 Å². The van der Waals surface area contributed by atoms with Crippen LogP contribution in [-0.4, -0.2) is 51.4 Å². The smallest absolute Gasteiger partial charge is 0.310 e. The summed E-state index contributed by atoms with van der Waals surface area (Å²) in [6.45, 7) is 2.45. The van der Waals surface area contributed by atoms with Gasteiger partial charge in [-0.05, 0) is 19.3 Å². The molecule has 0 saturated carbocycles. The highest BCUT2D eigenvalue weighted by Gasteiger charge is 2.55. The molecule has 9 nitrogen and oxygen atoms in total. The van der Waals surface area contributed by atoms with E-state index in [9.17, 15) is 19.5 Å². The highest BCUT2D eigenvalue weighted by Crippen LogP contribution is 2.44. The second-order valence-corrected chi connectivity index (χ2v) is 6.46. The number of aliphatic carboxylic acids is 1. The molecule has 2 amide bonds. The van der Waals surface area contributed by atoms with E-state index in [-0.39, 0.29) is 23.4 Å². The van der Waals surface area contributed by atoms with Crippen LogP contribution < -0.4 is 10.6 Å². The monoisotopic (exact) mass is 350 g/mol. The number of carboxylic acid groups (broad SMARTS) is 1. The minimum atomic E-state index is -1.03. The Labute approximate surface area is 144 Å². The predicted octanol–water partition coefficient (Wildman–Crippen LogP) is 0.377. The van der Waals surface area contributed by atoms with E-state index in [1.54, 1.807) is 7.05 Å². The third kappa shape index (κ3) is 3.11. The molecule has 0 unspecified atom stereocenters. The minimum Gasteiger partial charge on any atom is -0.481 e. The average molecular weight is 350 g/mol. The van der Waals surface area contributed by atoms with Crippen molar-refractivity contribution in [1.82, 2.24) is 15.1 Å². The van der Waals surface area contributed by atoms with Crippen LogP contribution in [-0.2, 0) is 21.4 Å². The lowest BCUT2D eigenvalue weighted by Gasteiger charge is -2.23. The second-order valence-electron chi connectivity index (χ2n) is 6.46. The summed E-state index contributed by atoms with van der Waals surface area (Å²) in [5, 5.41) is 18.9. The zero-order chi connectivity index (χ0) is 18.1. The van der Waals surface area contributed by atoms with Gasteiger partial charge in [-0.25, -0.2) is 0 Å². The number of nitrogens with zero attached hydrogens (tertiary/aromatic N) is 2. The van der Waals surface area contributed by atoms with Crippen molar-refractivity contribution in [3.63, 3.8) is 0 Å². The van der Waals surface area contributed by atoms with Crippen LogP contribution in [0.15, 0.2) is 6.20 Å². The summed E-state index contributed by atoms with van der Waals surface area (Å²) in [6.07, 6.45) is 2.70. The predicted molar refractivity (Wildman–Crippen MR) is 87.0 cm³/mol. The van der Waals surface area contributed by atoms with Crippen LogP contribution in [0, 0.1) is 11.8 Å². The molecule has 25 heavy (non-hydrogen) atoms. The lowest BCUT2D eigenvalue weighted by molar-refractivity contribution is -0.147. The Morgan fingerprint density at radius 3 is 2.64 bits per heavy atom. The van der Waals surface area contributed by atoms with Crippen molar-refractivity contribution in [2.75, 3.05) is 11.9 Å². The molecule has 1 aromatic heterocycles. The van der Waals surface area contributed by atoms with Gasteiger partial charge in [0.05, 0.1) is 35.9 Å². The van der Waals surface area contributed by atoms with E-state index in [2.05, 4.69) is 15.7 Å². The van der Waals surface area contributed by atoms with E-state index in [0.29, 0.717) is 19.4 Å². The van der Waals surface area contributed by atoms with E-state index in [4.69, 9.17) is 4.74 Å². The van der Waals surface area contributed by atoms with Crippen LogP contribution in [0.4, 0.5) is 5.69 Å². The molecule has 3 N–H and O–H groups in total. The maximum Gasteiger partial charge on any atom is 0.310 e. The zero-order valence-electron chi connectivity index (χ0n) is 14.2. The molecule has 2 saturated heterocycles. The lowest BCUT2D eigenvalue weighted by Crippen LogP contribution is -2.41. The van der Waals surface area contributed by atoms with Gasteiger partial charge in [-0.3, -0.25) is 19.1 Å². The van der Waals surface area contributed by atoms with Gasteiger partial charge < -0.3 is 20.5 Å². The summed E-state index contributed by atoms with van der Waals surface area (Å²) >= 11 is 0. The van der Waals surface area contributed by atoms with Gasteiger partial charge in [0.25, 0.3) is 5.91 Å². The summed E-state index contributed by atoms with van der Waals surface area (Å²) in [6, 6.07) is 0. The topological polar surface area (TPSA) is 123 Å². The number of carbonyl (C=O) groups excluding carboxylic acids is 2. The summed E-state index contributed by atoms with van der Waals surface area (Å²) in [5.41, 5.74) is 0.505. The molecule has 2 bridgehead atoms. The van der Waals surface area contributed by atoms with Crippen molar-refractivity contribution in [2.24, 2.45) is 18.9 Å². The van der Waals surface area contributed by atoms with E-state index in [1.807, 2.05) is 6.92 Å². The molecule has 3 heterocycles. The number of ether oxygens (including phenoxy) is 1.